The second-order valence-corrected chi connectivity index (χ2v) is 5.16. The van der Waals surface area contributed by atoms with Crippen LogP contribution in [0.15, 0.2) is 47.3 Å². The molecule has 110 valence electrons. The fraction of sp³-hybridized carbons (Fsp3) is 0.118. The molecule has 0 aliphatic carbocycles. The summed E-state index contributed by atoms with van der Waals surface area (Å²) in [6, 6.07) is 12.9. The highest BCUT2D eigenvalue weighted by molar-refractivity contribution is 5.94. The van der Waals surface area contributed by atoms with E-state index in [1.165, 1.54) is 6.92 Å². The summed E-state index contributed by atoms with van der Waals surface area (Å²) in [5.74, 6) is -0.191. The van der Waals surface area contributed by atoms with E-state index in [4.69, 9.17) is 0 Å². The van der Waals surface area contributed by atoms with Gasteiger partial charge in [-0.05, 0) is 30.7 Å². The molecule has 0 saturated carbocycles. The van der Waals surface area contributed by atoms with Crippen LogP contribution in [0.2, 0.25) is 0 Å². The molecule has 0 atom stereocenters. The number of amides is 1. The molecule has 3 rings (SSSR count). The maximum Gasteiger partial charge on any atom is 0.275 e. The molecule has 0 saturated heterocycles. The van der Waals surface area contributed by atoms with Crippen LogP contribution < -0.4 is 10.9 Å². The molecule has 0 fully saturated rings. The lowest BCUT2D eigenvalue weighted by molar-refractivity contribution is -0.114. The van der Waals surface area contributed by atoms with Gasteiger partial charge in [0.2, 0.25) is 5.91 Å². The molecule has 0 bridgehead atoms. The number of carbonyl (C=O) groups is 1. The maximum atomic E-state index is 12.3. The van der Waals surface area contributed by atoms with E-state index in [1.807, 2.05) is 37.3 Å². The van der Waals surface area contributed by atoms with Crippen molar-refractivity contribution in [2.45, 2.75) is 13.8 Å². The van der Waals surface area contributed by atoms with Gasteiger partial charge in [-0.3, -0.25) is 9.59 Å². The molecule has 22 heavy (non-hydrogen) atoms. The zero-order valence-electron chi connectivity index (χ0n) is 12.3. The van der Waals surface area contributed by atoms with Crippen molar-refractivity contribution in [3.05, 3.63) is 58.4 Å². The average Bonchev–Trinajstić information content (AvgIpc) is 2.46. The monoisotopic (exact) mass is 293 g/mol. The van der Waals surface area contributed by atoms with Gasteiger partial charge in [-0.15, -0.1) is 0 Å². The van der Waals surface area contributed by atoms with Crippen LogP contribution in [0, 0.1) is 6.92 Å². The summed E-state index contributed by atoms with van der Waals surface area (Å²) >= 11 is 0. The Morgan fingerprint density at radius 2 is 1.95 bits per heavy atom. The molecule has 1 amide bonds. The molecular formula is C17H15N3O2. The first-order chi connectivity index (χ1) is 10.5. The number of carbonyl (C=O) groups excluding carboxylic acids is 1. The second-order valence-electron chi connectivity index (χ2n) is 5.16. The number of hydrogen-bond acceptors (Lipinski definition) is 3. The smallest absolute Gasteiger partial charge is 0.275 e. The molecule has 1 aromatic heterocycles. The standard InChI is InChI=1S/C17H15N3O2/c1-10-7-8-12(15(9-10)18-11(2)21)16-17(22)20-14-6-4-3-5-13(14)19-16/h3-9H,1-2H3,(H,18,21)(H,20,22). The van der Waals surface area contributed by atoms with Crippen molar-refractivity contribution in [2.24, 2.45) is 0 Å². The first-order valence-electron chi connectivity index (χ1n) is 6.92. The first-order valence-corrected chi connectivity index (χ1v) is 6.92. The SMILES string of the molecule is CC(=O)Nc1cc(C)ccc1-c1nc2ccccc2[nH]c1=O. The zero-order valence-corrected chi connectivity index (χ0v) is 12.3. The van der Waals surface area contributed by atoms with Gasteiger partial charge in [0.25, 0.3) is 5.56 Å². The van der Waals surface area contributed by atoms with E-state index < -0.39 is 0 Å². The van der Waals surface area contributed by atoms with Crippen LogP contribution in [0.25, 0.3) is 22.3 Å². The molecular weight excluding hydrogens is 278 g/mol. The van der Waals surface area contributed by atoms with Gasteiger partial charge in [0.05, 0.1) is 16.7 Å². The number of fused-ring (bicyclic) bond motifs is 1. The summed E-state index contributed by atoms with van der Waals surface area (Å²) in [7, 11) is 0. The fourth-order valence-corrected chi connectivity index (χ4v) is 2.37. The van der Waals surface area contributed by atoms with Crippen molar-refractivity contribution in [3.63, 3.8) is 0 Å². The normalized spacial score (nSPS) is 10.6. The Kier molecular flexibility index (Phi) is 3.47. The van der Waals surface area contributed by atoms with Crippen LogP contribution in [-0.4, -0.2) is 15.9 Å². The van der Waals surface area contributed by atoms with Gasteiger partial charge in [0.15, 0.2) is 0 Å². The lowest BCUT2D eigenvalue weighted by Gasteiger charge is -2.10. The third-order valence-corrected chi connectivity index (χ3v) is 3.34. The Morgan fingerprint density at radius 1 is 1.18 bits per heavy atom. The van der Waals surface area contributed by atoms with E-state index in [1.54, 1.807) is 12.1 Å². The molecule has 2 aromatic carbocycles. The molecule has 0 unspecified atom stereocenters. The number of nitrogens with zero attached hydrogens (tertiary/aromatic N) is 1. The van der Waals surface area contributed by atoms with Crippen molar-refractivity contribution >= 4 is 22.6 Å². The largest absolute Gasteiger partial charge is 0.326 e. The quantitative estimate of drug-likeness (QED) is 0.763. The first kappa shape index (κ1) is 14.0. The van der Waals surface area contributed by atoms with Crippen molar-refractivity contribution in [2.75, 3.05) is 5.32 Å². The Labute approximate surface area is 127 Å². The third-order valence-electron chi connectivity index (χ3n) is 3.34. The van der Waals surface area contributed by atoms with Gasteiger partial charge in [0, 0.05) is 12.5 Å². The molecule has 0 spiro atoms. The van der Waals surface area contributed by atoms with E-state index in [9.17, 15) is 9.59 Å². The van der Waals surface area contributed by atoms with Crippen LogP contribution in [0.4, 0.5) is 5.69 Å². The van der Waals surface area contributed by atoms with Crippen LogP contribution in [0.3, 0.4) is 0 Å². The topological polar surface area (TPSA) is 74.8 Å². The van der Waals surface area contributed by atoms with Gasteiger partial charge in [0.1, 0.15) is 5.69 Å². The van der Waals surface area contributed by atoms with E-state index in [2.05, 4.69) is 15.3 Å². The van der Waals surface area contributed by atoms with E-state index in [0.717, 1.165) is 5.56 Å². The molecule has 5 nitrogen and oxygen atoms in total. The number of rotatable bonds is 2. The molecule has 3 aromatic rings. The summed E-state index contributed by atoms with van der Waals surface area (Å²) < 4.78 is 0. The van der Waals surface area contributed by atoms with Crippen molar-refractivity contribution in [3.8, 4) is 11.3 Å². The van der Waals surface area contributed by atoms with Crippen LogP contribution >= 0.6 is 0 Å². The van der Waals surface area contributed by atoms with Crippen LogP contribution in [0.1, 0.15) is 12.5 Å². The highest BCUT2D eigenvalue weighted by atomic mass is 16.1. The minimum Gasteiger partial charge on any atom is -0.326 e. The molecule has 2 N–H and O–H groups in total. The second kappa shape index (κ2) is 5.44. The molecule has 0 aliphatic rings. The molecule has 0 aliphatic heterocycles. The minimum atomic E-state index is -0.283. The summed E-state index contributed by atoms with van der Waals surface area (Å²) in [5, 5.41) is 2.76. The van der Waals surface area contributed by atoms with Gasteiger partial charge in [-0.2, -0.15) is 0 Å². The number of H-pyrrole nitrogens is 1. The van der Waals surface area contributed by atoms with Gasteiger partial charge < -0.3 is 10.3 Å². The van der Waals surface area contributed by atoms with E-state index in [-0.39, 0.29) is 11.5 Å². The summed E-state index contributed by atoms with van der Waals surface area (Å²) in [6.45, 7) is 3.36. The van der Waals surface area contributed by atoms with Crippen molar-refractivity contribution in [1.29, 1.82) is 0 Å². The number of benzene rings is 2. The lowest BCUT2D eigenvalue weighted by Crippen LogP contribution is -2.14. The average molecular weight is 293 g/mol. The summed E-state index contributed by atoms with van der Waals surface area (Å²) in [6.07, 6.45) is 0. The highest BCUT2D eigenvalue weighted by Gasteiger charge is 2.13. The minimum absolute atomic E-state index is 0.191. The summed E-state index contributed by atoms with van der Waals surface area (Å²) in [4.78, 5) is 31.0. The Morgan fingerprint density at radius 3 is 2.73 bits per heavy atom. The number of nitrogens with one attached hydrogen (secondary N) is 2. The molecule has 5 heteroatoms. The van der Waals surface area contributed by atoms with Gasteiger partial charge >= 0.3 is 0 Å². The summed E-state index contributed by atoms with van der Waals surface area (Å²) in [5.41, 5.74) is 3.57. The Hall–Kier alpha value is -2.95. The number of anilines is 1. The molecule has 0 radical (unpaired) electrons. The zero-order chi connectivity index (χ0) is 15.7. The number of aryl methyl sites for hydroxylation is 1. The van der Waals surface area contributed by atoms with Crippen molar-refractivity contribution in [1.82, 2.24) is 9.97 Å². The number of aromatic nitrogens is 2. The van der Waals surface area contributed by atoms with Gasteiger partial charge in [-0.1, -0.05) is 24.3 Å². The Balaban J connectivity index is 2.25. The maximum absolute atomic E-state index is 12.3. The number of aromatic amines is 1. The van der Waals surface area contributed by atoms with Crippen LogP contribution in [0.5, 0.6) is 0 Å². The number of hydrogen-bond donors (Lipinski definition) is 2. The fourth-order valence-electron chi connectivity index (χ4n) is 2.37. The predicted molar refractivity (Wildman–Crippen MR) is 86.8 cm³/mol. The predicted octanol–water partition coefficient (Wildman–Crippen LogP) is 2.86. The number of para-hydroxylation sites is 2. The van der Waals surface area contributed by atoms with Crippen molar-refractivity contribution < 1.29 is 4.79 Å². The Bertz CT molecular complexity index is 929. The third kappa shape index (κ3) is 2.61. The molecule has 1 heterocycles. The van der Waals surface area contributed by atoms with E-state index >= 15 is 0 Å². The lowest BCUT2D eigenvalue weighted by atomic mass is 10.1. The van der Waals surface area contributed by atoms with Gasteiger partial charge in [-0.25, -0.2) is 4.98 Å². The van der Waals surface area contributed by atoms with Crippen LogP contribution in [-0.2, 0) is 4.79 Å². The highest BCUT2D eigenvalue weighted by Crippen LogP contribution is 2.26. The van der Waals surface area contributed by atoms with E-state index in [0.29, 0.717) is 28.0 Å².